The fourth-order valence-corrected chi connectivity index (χ4v) is 4.41. The molecular weight excluding hydrogens is 419 g/mol. The number of pyridine rings is 2. The lowest BCUT2D eigenvalue weighted by Crippen LogP contribution is -1.99. The van der Waals surface area contributed by atoms with Gasteiger partial charge in [-0.05, 0) is 60.7 Å². The van der Waals surface area contributed by atoms with Crippen LogP contribution in [0.5, 0.6) is 11.8 Å². The van der Waals surface area contributed by atoms with Crippen molar-refractivity contribution in [1.29, 1.82) is 0 Å². The molecule has 0 radical (unpaired) electrons. The van der Waals surface area contributed by atoms with E-state index in [-0.39, 0.29) is 0 Å². The molecule has 0 aliphatic heterocycles. The Morgan fingerprint density at radius 1 is 0.719 bits per heavy atom. The summed E-state index contributed by atoms with van der Waals surface area (Å²) in [6.45, 7) is 4.30. The molecule has 0 aliphatic carbocycles. The van der Waals surface area contributed by atoms with Crippen molar-refractivity contribution in [2.45, 2.75) is 52.4 Å². The molecule has 0 unspecified atom stereocenters. The minimum atomic E-state index is -2.92. The van der Waals surface area contributed by atoms with E-state index in [0.29, 0.717) is 11.8 Å². The number of fused-ring (bicyclic) bond motifs is 2. The zero-order chi connectivity index (χ0) is 22.3. The topological polar surface area (TPSA) is 61.3 Å². The van der Waals surface area contributed by atoms with E-state index in [2.05, 4.69) is 35.9 Å². The van der Waals surface area contributed by atoms with Crippen molar-refractivity contribution in [3.8, 4) is 11.8 Å². The third-order valence-electron chi connectivity index (χ3n) is 5.45. The Bertz CT molecular complexity index is 1150. The molecule has 2 heterocycles. The molecule has 2 aromatic heterocycles. The molecule has 4 aromatic rings. The number of unbranched alkanes of at least 4 members (excludes halogenated alkanes) is 2. The second kappa shape index (κ2) is 10.6. The minimum absolute atomic E-state index is 0.351. The van der Waals surface area contributed by atoms with Gasteiger partial charge in [0.2, 0.25) is 11.8 Å². The number of nitrogens with zero attached hydrogens (tertiary/aromatic N) is 2. The maximum atomic E-state index is 13.0. The van der Waals surface area contributed by atoms with Crippen LogP contribution in [0.1, 0.15) is 50.9 Å². The molecule has 166 valence electrons. The molecule has 0 atom stereocenters. The Kier molecular flexibility index (Phi) is 7.39. The fraction of sp³-hybridized carbons (Fsp3) is 0.308. The van der Waals surface area contributed by atoms with Crippen LogP contribution < -0.4 is 9.05 Å². The molecule has 0 amide bonds. The van der Waals surface area contributed by atoms with E-state index in [4.69, 9.17) is 9.05 Å². The zero-order valence-corrected chi connectivity index (χ0v) is 19.6. The van der Waals surface area contributed by atoms with E-state index in [9.17, 15) is 4.57 Å². The van der Waals surface area contributed by atoms with E-state index < -0.39 is 8.25 Å². The normalized spacial score (nSPS) is 11.3. The summed E-state index contributed by atoms with van der Waals surface area (Å²) >= 11 is 0. The third kappa shape index (κ3) is 5.28. The molecule has 0 spiro atoms. The van der Waals surface area contributed by atoms with Crippen LogP contribution in [0.4, 0.5) is 0 Å². The second-order valence-electron chi connectivity index (χ2n) is 7.94. The molecule has 4 rings (SSSR count). The maximum Gasteiger partial charge on any atom is 0.421 e. The number of benzene rings is 2. The van der Waals surface area contributed by atoms with Crippen LogP contribution in [0.25, 0.3) is 21.5 Å². The quantitative estimate of drug-likeness (QED) is 0.238. The average molecular weight is 449 g/mol. The summed E-state index contributed by atoms with van der Waals surface area (Å²) in [5.74, 6) is 0.703. The Balaban J connectivity index is 1.63. The summed E-state index contributed by atoms with van der Waals surface area (Å²) in [6.07, 6.45) is 5.94. The molecule has 6 heteroatoms. The van der Waals surface area contributed by atoms with Gasteiger partial charge in [-0.25, -0.2) is 14.5 Å². The first kappa shape index (κ1) is 22.3. The molecular formula is C26H29N2O3P. The van der Waals surface area contributed by atoms with Gasteiger partial charge in [0.25, 0.3) is 0 Å². The van der Waals surface area contributed by atoms with Gasteiger partial charge in [0.1, 0.15) is 0 Å². The van der Waals surface area contributed by atoms with Crippen molar-refractivity contribution in [1.82, 2.24) is 9.97 Å². The van der Waals surface area contributed by atoms with E-state index in [1.165, 1.54) is 0 Å². The van der Waals surface area contributed by atoms with Crippen LogP contribution in [-0.4, -0.2) is 9.97 Å². The van der Waals surface area contributed by atoms with Crippen LogP contribution in [0.15, 0.2) is 60.7 Å². The molecule has 5 nitrogen and oxygen atoms in total. The lowest BCUT2D eigenvalue weighted by molar-refractivity contribution is 0.406. The number of hydrogen-bond donors (Lipinski definition) is 0. The van der Waals surface area contributed by atoms with E-state index in [1.807, 2.05) is 48.5 Å². The lowest BCUT2D eigenvalue weighted by atomic mass is 10.1. The minimum Gasteiger partial charge on any atom is -0.399 e. The van der Waals surface area contributed by atoms with Gasteiger partial charge < -0.3 is 9.05 Å². The highest BCUT2D eigenvalue weighted by Gasteiger charge is 2.15. The highest BCUT2D eigenvalue weighted by atomic mass is 31.1. The summed E-state index contributed by atoms with van der Waals surface area (Å²) in [7, 11) is -2.92. The number of aromatic nitrogens is 2. The second-order valence-corrected chi connectivity index (χ2v) is 8.85. The Morgan fingerprint density at radius 2 is 1.16 bits per heavy atom. The Morgan fingerprint density at radius 3 is 1.59 bits per heavy atom. The van der Waals surface area contributed by atoms with Crippen molar-refractivity contribution in [3.05, 3.63) is 72.1 Å². The van der Waals surface area contributed by atoms with Crippen molar-refractivity contribution in [2.24, 2.45) is 0 Å². The summed E-state index contributed by atoms with van der Waals surface area (Å²) in [5, 5.41) is 3.68. The number of aryl methyl sites for hydroxylation is 2. The molecule has 0 saturated heterocycles. The van der Waals surface area contributed by atoms with Gasteiger partial charge in [-0.15, -0.1) is 0 Å². The first-order chi connectivity index (χ1) is 15.7. The third-order valence-corrected chi connectivity index (χ3v) is 6.17. The SMILES string of the molecule is CCCCc1cc2ccccc2c(O[PH](=O)Oc2nc(CCCC)cc3ccccc23)n1. The van der Waals surface area contributed by atoms with Crippen LogP contribution in [-0.2, 0) is 17.4 Å². The first-order valence-corrected chi connectivity index (χ1v) is 12.6. The van der Waals surface area contributed by atoms with Crippen molar-refractivity contribution in [2.75, 3.05) is 0 Å². The monoisotopic (exact) mass is 448 g/mol. The molecule has 2 aromatic carbocycles. The number of hydrogen-bond acceptors (Lipinski definition) is 5. The Labute approximate surface area is 189 Å². The molecule has 0 aliphatic rings. The maximum absolute atomic E-state index is 13.0. The van der Waals surface area contributed by atoms with Gasteiger partial charge in [0, 0.05) is 22.2 Å². The van der Waals surface area contributed by atoms with Crippen LogP contribution in [0.3, 0.4) is 0 Å². The predicted octanol–water partition coefficient (Wildman–Crippen LogP) is 7.32. The number of rotatable bonds is 10. The smallest absolute Gasteiger partial charge is 0.399 e. The molecule has 0 fully saturated rings. The summed E-state index contributed by atoms with van der Waals surface area (Å²) in [4.78, 5) is 9.29. The van der Waals surface area contributed by atoms with Gasteiger partial charge in [0.15, 0.2) is 0 Å². The highest BCUT2D eigenvalue weighted by molar-refractivity contribution is 7.34. The summed E-state index contributed by atoms with van der Waals surface area (Å²) < 4.78 is 24.6. The van der Waals surface area contributed by atoms with Crippen molar-refractivity contribution >= 4 is 29.8 Å². The summed E-state index contributed by atoms with van der Waals surface area (Å²) in [6, 6.07) is 19.8. The van der Waals surface area contributed by atoms with E-state index in [0.717, 1.165) is 71.5 Å². The largest absolute Gasteiger partial charge is 0.421 e. The van der Waals surface area contributed by atoms with Crippen molar-refractivity contribution in [3.63, 3.8) is 0 Å². The van der Waals surface area contributed by atoms with E-state index >= 15 is 0 Å². The van der Waals surface area contributed by atoms with Crippen LogP contribution in [0.2, 0.25) is 0 Å². The highest BCUT2D eigenvalue weighted by Crippen LogP contribution is 2.36. The van der Waals surface area contributed by atoms with Gasteiger partial charge in [0.05, 0.1) is 0 Å². The van der Waals surface area contributed by atoms with Crippen LogP contribution >= 0.6 is 8.25 Å². The summed E-state index contributed by atoms with van der Waals surface area (Å²) in [5.41, 5.74) is 1.86. The standard InChI is InChI=1S/C26H29N2O3P/c1-3-5-13-21-17-19-11-7-9-15-23(19)25(27-21)30-32(29)31-26-24-16-10-8-12-20(24)18-22(28-26)14-6-4-2/h7-12,15-18,32H,3-6,13-14H2,1-2H3. The fourth-order valence-electron chi connectivity index (χ4n) is 3.75. The lowest BCUT2D eigenvalue weighted by Gasteiger charge is -2.13. The van der Waals surface area contributed by atoms with Crippen LogP contribution in [0, 0.1) is 0 Å². The van der Waals surface area contributed by atoms with Gasteiger partial charge in [-0.1, -0.05) is 63.1 Å². The zero-order valence-electron chi connectivity index (χ0n) is 18.6. The van der Waals surface area contributed by atoms with E-state index in [1.54, 1.807) is 0 Å². The van der Waals surface area contributed by atoms with Gasteiger partial charge in [-0.3, -0.25) is 0 Å². The molecule has 0 N–H and O–H groups in total. The van der Waals surface area contributed by atoms with Crippen molar-refractivity contribution < 1.29 is 13.6 Å². The average Bonchev–Trinajstić information content (AvgIpc) is 2.81. The molecule has 0 bridgehead atoms. The predicted molar refractivity (Wildman–Crippen MR) is 131 cm³/mol. The first-order valence-electron chi connectivity index (χ1n) is 11.3. The Hall–Kier alpha value is -2.91. The van der Waals surface area contributed by atoms with Gasteiger partial charge in [-0.2, -0.15) is 0 Å². The van der Waals surface area contributed by atoms with Gasteiger partial charge >= 0.3 is 8.25 Å². The molecule has 32 heavy (non-hydrogen) atoms. The molecule has 0 saturated carbocycles.